The average molecular weight is 251 g/mol. The SMILES string of the molecule is N#CCc1ccc2nc(CCc3ccco3)[nH]c2c1. The number of aromatic nitrogens is 2. The Labute approximate surface area is 110 Å². The number of aromatic amines is 1. The van der Waals surface area contributed by atoms with E-state index in [0.717, 1.165) is 41.0 Å². The first-order chi connectivity index (χ1) is 9.35. The van der Waals surface area contributed by atoms with Gasteiger partial charge in [-0.2, -0.15) is 5.26 Å². The van der Waals surface area contributed by atoms with Crippen LogP contribution in [0.25, 0.3) is 11.0 Å². The van der Waals surface area contributed by atoms with Crippen molar-refractivity contribution in [2.24, 2.45) is 0 Å². The van der Waals surface area contributed by atoms with Crippen molar-refractivity contribution in [2.75, 3.05) is 0 Å². The number of aryl methyl sites for hydroxylation is 2. The number of furan rings is 1. The van der Waals surface area contributed by atoms with E-state index >= 15 is 0 Å². The van der Waals surface area contributed by atoms with Gasteiger partial charge in [0, 0.05) is 12.8 Å². The number of nitrogens with zero attached hydrogens (tertiary/aromatic N) is 2. The van der Waals surface area contributed by atoms with E-state index in [2.05, 4.69) is 16.0 Å². The number of nitrogens with one attached hydrogen (secondary N) is 1. The zero-order valence-corrected chi connectivity index (χ0v) is 10.4. The van der Waals surface area contributed by atoms with Crippen LogP contribution in [-0.2, 0) is 19.3 Å². The van der Waals surface area contributed by atoms with Crippen molar-refractivity contribution in [3.05, 3.63) is 53.7 Å². The molecule has 0 fully saturated rings. The number of H-pyrrole nitrogens is 1. The molecular weight excluding hydrogens is 238 g/mol. The molecule has 0 aliphatic rings. The van der Waals surface area contributed by atoms with E-state index in [1.165, 1.54) is 0 Å². The molecule has 1 N–H and O–H groups in total. The molecule has 3 aromatic rings. The molecule has 0 bridgehead atoms. The van der Waals surface area contributed by atoms with Gasteiger partial charge in [0.2, 0.25) is 0 Å². The molecule has 0 spiro atoms. The maximum absolute atomic E-state index is 8.70. The predicted octanol–water partition coefficient (Wildman–Crippen LogP) is 3.01. The molecule has 4 heteroatoms. The van der Waals surface area contributed by atoms with E-state index < -0.39 is 0 Å². The van der Waals surface area contributed by atoms with Gasteiger partial charge in [-0.1, -0.05) is 6.07 Å². The lowest BCUT2D eigenvalue weighted by Gasteiger charge is -1.93. The van der Waals surface area contributed by atoms with Crippen molar-refractivity contribution in [1.82, 2.24) is 9.97 Å². The molecule has 0 saturated carbocycles. The molecule has 4 nitrogen and oxygen atoms in total. The third kappa shape index (κ3) is 2.50. The van der Waals surface area contributed by atoms with Gasteiger partial charge in [0.15, 0.2) is 0 Å². The Kier molecular flexibility index (Phi) is 3.03. The molecule has 0 atom stereocenters. The van der Waals surface area contributed by atoms with Gasteiger partial charge in [0.05, 0.1) is 29.8 Å². The molecule has 3 rings (SSSR count). The van der Waals surface area contributed by atoms with E-state index in [9.17, 15) is 0 Å². The van der Waals surface area contributed by atoms with E-state index in [-0.39, 0.29) is 0 Å². The largest absolute Gasteiger partial charge is 0.469 e. The van der Waals surface area contributed by atoms with E-state index in [1.807, 2.05) is 30.3 Å². The Morgan fingerprint density at radius 2 is 2.21 bits per heavy atom. The van der Waals surface area contributed by atoms with Crippen molar-refractivity contribution in [2.45, 2.75) is 19.3 Å². The fourth-order valence-corrected chi connectivity index (χ4v) is 2.13. The van der Waals surface area contributed by atoms with Gasteiger partial charge in [-0.3, -0.25) is 0 Å². The molecule has 2 heterocycles. The lowest BCUT2D eigenvalue weighted by Crippen LogP contribution is -1.91. The summed E-state index contributed by atoms with van der Waals surface area (Å²) in [5, 5.41) is 8.70. The summed E-state index contributed by atoms with van der Waals surface area (Å²) >= 11 is 0. The molecule has 2 aromatic heterocycles. The second-order valence-corrected chi connectivity index (χ2v) is 4.45. The topological polar surface area (TPSA) is 65.6 Å². The van der Waals surface area contributed by atoms with E-state index in [0.29, 0.717) is 6.42 Å². The molecular formula is C15H13N3O. The second-order valence-electron chi connectivity index (χ2n) is 4.45. The molecule has 1 aromatic carbocycles. The second kappa shape index (κ2) is 4.99. The normalized spacial score (nSPS) is 10.7. The van der Waals surface area contributed by atoms with Gasteiger partial charge < -0.3 is 9.40 Å². The summed E-state index contributed by atoms with van der Waals surface area (Å²) in [5.41, 5.74) is 2.94. The lowest BCUT2D eigenvalue weighted by molar-refractivity contribution is 0.507. The van der Waals surface area contributed by atoms with Gasteiger partial charge in [0.25, 0.3) is 0 Å². The van der Waals surface area contributed by atoms with Crippen LogP contribution in [0.4, 0.5) is 0 Å². The summed E-state index contributed by atoms with van der Waals surface area (Å²) in [6, 6.07) is 11.9. The van der Waals surface area contributed by atoms with Crippen molar-refractivity contribution >= 4 is 11.0 Å². The molecule has 0 saturated heterocycles. The summed E-state index contributed by atoms with van der Waals surface area (Å²) in [6.45, 7) is 0. The van der Waals surface area contributed by atoms with Gasteiger partial charge in [-0.15, -0.1) is 0 Å². The van der Waals surface area contributed by atoms with E-state index in [4.69, 9.17) is 9.68 Å². The maximum Gasteiger partial charge on any atom is 0.107 e. The fourth-order valence-electron chi connectivity index (χ4n) is 2.13. The number of rotatable bonds is 4. The number of hydrogen-bond donors (Lipinski definition) is 1. The van der Waals surface area contributed by atoms with Crippen LogP contribution in [0.3, 0.4) is 0 Å². The van der Waals surface area contributed by atoms with E-state index in [1.54, 1.807) is 6.26 Å². The average Bonchev–Trinajstić information content (AvgIpc) is 3.05. The van der Waals surface area contributed by atoms with Crippen molar-refractivity contribution in [1.29, 1.82) is 5.26 Å². The molecule has 19 heavy (non-hydrogen) atoms. The number of benzene rings is 1. The van der Waals surface area contributed by atoms with Gasteiger partial charge in [-0.05, 0) is 29.8 Å². The molecule has 0 aliphatic carbocycles. The summed E-state index contributed by atoms with van der Waals surface area (Å²) in [7, 11) is 0. The fraction of sp³-hybridized carbons (Fsp3) is 0.200. The van der Waals surface area contributed by atoms with Crippen LogP contribution in [0, 0.1) is 11.3 Å². The number of hydrogen-bond acceptors (Lipinski definition) is 3. The predicted molar refractivity (Wildman–Crippen MR) is 71.5 cm³/mol. The van der Waals surface area contributed by atoms with Crippen LogP contribution < -0.4 is 0 Å². The Morgan fingerprint density at radius 3 is 3.00 bits per heavy atom. The number of fused-ring (bicyclic) bond motifs is 1. The quantitative estimate of drug-likeness (QED) is 0.775. The molecule has 0 unspecified atom stereocenters. The molecule has 0 amide bonds. The molecule has 0 aliphatic heterocycles. The number of imidazole rings is 1. The Balaban J connectivity index is 1.79. The van der Waals surface area contributed by atoms with Crippen molar-refractivity contribution < 1.29 is 4.42 Å². The first kappa shape index (κ1) is 11.5. The maximum atomic E-state index is 8.70. The zero-order valence-electron chi connectivity index (χ0n) is 10.4. The van der Waals surface area contributed by atoms with Crippen LogP contribution in [0.2, 0.25) is 0 Å². The van der Waals surface area contributed by atoms with Crippen LogP contribution in [0.15, 0.2) is 41.0 Å². The molecule has 94 valence electrons. The highest BCUT2D eigenvalue weighted by molar-refractivity contribution is 5.75. The standard InChI is InChI=1S/C15H13N3O/c16-8-7-11-3-5-13-14(10-11)18-15(17-13)6-4-12-2-1-9-19-12/h1-3,5,9-10H,4,6-7H2,(H,17,18). The zero-order chi connectivity index (χ0) is 13.1. The van der Waals surface area contributed by atoms with Gasteiger partial charge >= 0.3 is 0 Å². The number of nitriles is 1. The van der Waals surface area contributed by atoms with Crippen LogP contribution in [0.5, 0.6) is 0 Å². The summed E-state index contributed by atoms with van der Waals surface area (Å²) in [6.07, 6.45) is 3.76. The van der Waals surface area contributed by atoms with Crippen molar-refractivity contribution in [3.63, 3.8) is 0 Å². The van der Waals surface area contributed by atoms with Gasteiger partial charge in [0.1, 0.15) is 11.6 Å². The minimum Gasteiger partial charge on any atom is -0.469 e. The summed E-state index contributed by atoms with van der Waals surface area (Å²) in [4.78, 5) is 7.83. The minimum absolute atomic E-state index is 0.427. The Bertz CT molecular complexity index is 720. The highest BCUT2D eigenvalue weighted by Crippen LogP contribution is 2.15. The smallest absolute Gasteiger partial charge is 0.107 e. The highest BCUT2D eigenvalue weighted by atomic mass is 16.3. The monoisotopic (exact) mass is 251 g/mol. The lowest BCUT2D eigenvalue weighted by atomic mass is 10.1. The van der Waals surface area contributed by atoms with Gasteiger partial charge in [-0.25, -0.2) is 4.98 Å². The van der Waals surface area contributed by atoms with Crippen LogP contribution >= 0.6 is 0 Å². The Hall–Kier alpha value is -2.54. The minimum atomic E-state index is 0.427. The Morgan fingerprint density at radius 1 is 1.26 bits per heavy atom. The third-order valence-corrected chi connectivity index (χ3v) is 3.07. The van der Waals surface area contributed by atoms with Crippen molar-refractivity contribution in [3.8, 4) is 6.07 Å². The first-order valence-electron chi connectivity index (χ1n) is 6.22. The third-order valence-electron chi connectivity index (χ3n) is 3.07. The summed E-state index contributed by atoms with van der Waals surface area (Å²) < 4.78 is 5.30. The molecule has 0 radical (unpaired) electrons. The summed E-state index contributed by atoms with van der Waals surface area (Å²) in [5.74, 6) is 1.91. The van der Waals surface area contributed by atoms with Crippen LogP contribution in [0.1, 0.15) is 17.1 Å². The highest BCUT2D eigenvalue weighted by Gasteiger charge is 2.05. The first-order valence-corrected chi connectivity index (χ1v) is 6.22. The van der Waals surface area contributed by atoms with Crippen LogP contribution in [-0.4, -0.2) is 9.97 Å².